The van der Waals surface area contributed by atoms with E-state index in [-0.39, 0.29) is 11.8 Å². The Hall–Kier alpha value is -0.870. The van der Waals surface area contributed by atoms with Crippen molar-refractivity contribution >= 4 is 34.1 Å². The van der Waals surface area contributed by atoms with E-state index >= 15 is 0 Å². The molecule has 0 aliphatic rings. The first-order valence-electron chi connectivity index (χ1n) is 4.56. The van der Waals surface area contributed by atoms with Crippen molar-refractivity contribution in [1.29, 1.82) is 0 Å². The molecule has 1 amide bonds. The highest BCUT2D eigenvalue weighted by Gasteiger charge is 2.23. The average Bonchev–Trinajstić information content (AvgIpc) is 2.65. The average molecular weight is 246 g/mol. The molecule has 0 radical (unpaired) electrons. The van der Waals surface area contributed by atoms with Gasteiger partial charge in [-0.25, -0.2) is 0 Å². The van der Waals surface area contributed by atoms with E-state index in [1.807, 2.05) is 19.2 Å². The van der Waals surface area contributed by atoms with Gasteiger partial charge in [0, 0.05) is 0 Å². The molecule has 0 aliphatic heterocycles. The summed E-state index contributed by atoms with van der Waals surface area (Å²) < 4.78 is 0. The van der Waals surface area contributed by atoms with Gasteiger partial charge in [-0.05, 0) is 29.0 Å². The number of nitrogens with one attached hydrogen (secondary N) is 1. The van der Waals surface area contributed by atoms with E-state index in [0.717, 1.165) is 0 Å². The third kappa shape index (κ3) is 3.32. The van der Waals surface area contributed by atoms with E-state index in [0.29, 0.717) is 4.88 Å². The maximum atomic E-state index is 11.6. The van der Waals surface area contributed by atoms with Crippen LogP contribution >= 0.6 is 22.9 Å². The predicted molar refractivity (Wildman–Crippen MR) is 61.3 cm³/mol. The number of amides is 1. The maximum Gasteiger partial charge on any atom is 0.261 e. The standard InChI is InChI=1S/C10H12ClNO2S/c1-6(2)8(9(11)13)12-10(14)7-4-3-5-15-7/h3-6,8H,1-2H3,(H,12,14). The largest absolute Gasteiger partial charge is 0.340 e. The summed E-state index contributed by atoms with van der Waals surface area (Å²) in [5, 5.41) is 3.88. The lowest BCUT2D eigenvalue weighted by Crippen LogP contribution is -2.42. The number of carbonyl (C=O) groups excluding carboxylic acids is 2. The maximum absolute atomic E-state index is 11.6. The van der Waals surface area contributed by atoms with E-state index in [4.69, 9.17) is 11.6 Å². The third-order valence-electron chi connectivity index (χ3n) is 1.94. The fourth-order valence-corrected chi connectivity index (χ4v) is 2.04. The summed E-state index contributed by atoms with van der Waals surface area (Å²) in [5.41, 5.74) is 0. The molecule has 0 bridgehead atoms. The molecule has 1 unspecified atom stereocenters. The summed E-state index contributed by atoms with van der Waals surface area (Å²) >= 11 is 6.72. The number of halogens is 1. The highest BCUT2D eigenvalue weighted by Crippen LogP contribution is 2.11. The van der Waals surface area contributed by atoms with Crippen molar-refractivity contribution in [3.05, 3.63) is 22.4 Å². The molecule has 82 valence electrons. The molecule has 3 nitrogen and oxygen atoms in total. The fraction of sp³-hybridized carbons (Fsp3) is 0.400. The Morgan fingerprint density at radius 2 is 2.13 bits per heavy atom. The first-order valence-corrected chi connectivity index (χ1v) is 5.82. The van der Waals surface area contributed by atoms with E-state index < -0.39 is 11.3 Å². The number of carbonyl (C=O) groups is 2. The molecule has 1 N–H and O–H groups in total. The molecule has 0 fully saturated rings. The molecule has 0 aliphatic carbocycles. The molecular formula is C10H12ClNO2S. The summed E-state index contributed by atoms with van der Waals surface area (Å²) in [6, 6.07) is 2.86. The van der Waals surface area contributed by atoms with Crippen molar-refractivity contribution in [2.75, 3.05) is 0 Å². The van der Waals surface area contributed by atoms with Crippen molar-refractivity contribution in [3.8, 4) is 0 Å². The molecule has 0 spiro atoms. The Kier molecular flexibility index (Phi) is 4.29. The molecule has 15 heavy (non-hydrogen) atoms. The van der Waals surface area contributed by atoms with Crippen LogP contribution in [0, 0.1) is 5.92 Å². The summed E-state index contributed by atoms with van der Waals surface area (Å²) in [5.74, 6) is -0.267. The zero-order valence-corrected chi connectivity index (χ0v) is 10.1. The zero-order valence-electron chi connectivity index (χ0n) is 8.49. The Labute approximate surface area is 97.4 Å². The topological polar surface area (TPSA) is 46.2 Å². The first-order chi connectivity index (χ1) is 7.02. The van der Waals surface area contributed by atoms with Crippen LogP contribution in [0.3, 0.4) is 0 Å². The van der Waals surface area contributed by atoms with E-state index in [1.165, 1.54) is 11.3 Å². The Morgan fingerprint density at radius 1 is 1.47 bits per heavy atom. The van der Waals surface area contributed by atoms with E-state index in [9.17, 15) is 9.59 Å². The van der Waals surface area contributed by atoms with Crippen LogP contribution < -0.4 is 5.32 Å². The van der Waals surface area contributed by atoms with Crippen LogP contribution in [0.2, 0.25) is 0 Å². The Bertz CT molecular complexity index is 348. The molecule has 1 atom stereocenters. The summed E-state index contributed by atoms with van der Waals surface area (Å²) in [6.07, 6.45) is 0. The predicted octanol–water partition coefficient (Wildman–Crippen LogP) is 2.27. The highest BCUT2D eigenvalue weighted by molar-refractivity contribution is 7.12. The van der Waals surface area contributed by atoms with Crippen LogP contribution in [0.25, 0.3) is 0 Å². The molecule has 5 heteroatoms. The van der Waals surface area contributed by atoms with E-state index in [1.54, 1.807) is 12.1 Å². The number of hydrogen-bond acceptors (Lipinski definition) is 3. The Balaban J connectivity index is 2.67. The van der Waals surface area contributed by atoms with Gasteiger partial charge in [-0.1, -0.05) is 19.9 Å². The third-order valence-corrected chi connectivity index (χ3v) is 3.05. The summed E-state index contributed by atoms with van der Waals surface area (Å²) in [7, 11) is 0. The molecule has 1 heterocycles. The molecule has 1 rings (SSSR count). The van der Waals surface area contributed by atoms with Gasteiger partial charge in [0.25, 0.3) is 5.91 Å². The minimum absolute atomic E-state index is 0.0149. The van der Waals surface area contributed by atoms with Crippen LogP contribution in [0.15, 0.2) is 17.5 Å². The van der Waals surface area contributed by atoms with Crippen molar-refractivity contribution in [3.63, 3.8) is 0 Å². The quantitative estimate of drug-likeness (QED) is 0.828. The van der Waals surface area contributed by atoms with Crippen molar-refractivity contribution in [1.82, 2.24) is 5.32 Å². The van der Waals surface area contributed by atoms with Gasteiger partial charge in [0.2, 0.25) is 5.24 Å². The van der Waals surface area contributed by atoms with Crippen LogP contribution in [0.4, 0.5) is 0 Å². The molecule has 0 saturated carbocycles. The Morgan fingerprint density at radius 3 is 2.53 bits per heavy atom. The van der Waals surface area contributed by atoms with Gasteiger partial charge < -0.3 is 5.32 Å². The lowest BCUT2D eigenvalue weighted by Gasteiger charge is -2.17. The highest BCUT2D eigenvalue weighted by atomic mass is 35.5. The summed E-state index contributed by atoms with van der Waals surface area (Å²) in [4.78, 5) is 23.2. The van der Waals surface area contributed by atoms with Gasteiger partial charge in [-0.15, -0.1) is 11.3 Å². The second-order valence-corrected chi connectivity index (χ2v) is 4.80. The lowest BCUT2D eigenvalue weighted by atomic mass is 10.1. The van der Waals surface area contributed by atoms with Crippen LogP contribution in [-0.4, -0.2) is 17.2 Å². The van der Waals surface area contributed by atoms with Gasteiger partial charge in [-0.2, -0.15) is 0 Å². The smallest absolute Gasteiger partial charge is 0.261 e. The van der Waals surface area contributed by atoms with Gasteiger partial charge in [0.15, 0.2) is 0 Å². The van der Waals surface area contributed by atoms with Gasteiger partial charge in [-0.3, -0.25) is 9.59 Å². The first kappa shape index (κ1) is 12.2. The van der Waals surface area contributed by atoms with Crippen LogP contribution in [-0.2, 0) is 4.79 Å². The lowest BCUT2D eigenvalue weighted by molar-refractivity contribution is -0.114. The number of hydrogen-bond donors (Lipinski definition) is 1. The van der Waals surface area contributed by atoms with Gasteiger partial charge in [0.05, 0.1) is 4.88 Å². The monoisotopic (exact) mass is 245 g/mol. The molecule has 1 aromatic heterocycles. The number of thiophene rings is 1. The normalized spacial score (nSPS) is 12.5. The fourth-order valence-electron chi connectivity index (χ4n) is 1.11. The van der Waals surface area contributed by atoms with E-state index in [2.05, 4.69) is 5.32 Å². The van der Waals surface area contributed by atoms with Crippen molar-refractivity contribution in [2.45, 2.75) is 19.9 Å². The van der Waals surface area contributed by atoms with Gasteiger partial charge in [0.1, 0.15) is 6.04 Å². The van der Waals surface area contributed by atoms with Crippen molar-refractivity contribution < 1.29 is 9.59 Å². The zero-order chi connectivity index (χ0) is 11.4. The molecule has 0 aromatic carbocycles. The minimum atomic E-state index is -0.624. The SMILES string of the molecule is CC(C)C(NC(=O)c1cccs1)C(=O)Cl. The minimum Gasteiger partial charge on any atom is -0.340 e. The molecular weight excluding hydrogens is 234 g/mol. The molecule has 0 saturated heterocycles. The number of rotatable bonds is 4. The molecule has 1 aromatic rings. The summed E-state index contributed by atoms with van der Waals surface area (Å²) in [6.45, 7) is 3.67. The van der Waals surface area contributed by atoms with Crippen LogP contribution in [0.1, 0.15) is 23.5 Å². The van der Waals surface area contributed by atoms with Crippen LogP contribution in [0.5, 0.6) is 0 Å². The van der Waals surface area contributed by atoms with Crippen molar-refractivity contribution in [2.24, 2.45) is 5.92 Å². The second kappa shape index (κ2) is 5.28. The van der Waals surface area contributed by atoms with Gasteiger partial charge >= 0.3 is 0 Å². The second-order valence-electron chi connectivity index (χ2n) is 3.48.